The highest BCUT2D eigenvalue weighted by Gasteiger charge is 1.99. The lowest BCUT2D eigenvalue weighted by Crippen LogP contribution is -1.97. The molecule has 0 unspecified atom stereocenters. The van der Waals surface area contributed by atoms with Crippen LogP contribution < -0.4 is 4.74 Å². The largest absolute Gasteiger partial charge is 0.493 e. The van der Waals surface area contributed by atoms with Gasteiger partial charge in [0.2, 0.25) is 0 Å². The first kappa shape index (κ1) is 10.2. The van der Waals surface area contributed by atoms with Crippen molar-refractivity contribution in [2.75, 3.05) is 11.9 Å². The summed E-state index contributed by atoms with van der Waals surface area (Å²) < 4.78 is 5.45. The summed E-state index contributed by atoms with van der Waals surface area (Å²) in [5, 5.41) is 0.840. The molecule has 0 bridgehead atoms. The zero-order chi connectivity index (χ0) is 10.5. The minimum absolute atomic E-state index is 0.681. The highest BCUT2D eigenvalue weighted by molar-refractivity contribution is 9.09. The van der Waals surface area contributed by atoms with E-state index in [2.05, 4.69) is 25.9 Å². The van der Waals surface area contributed by atoms with Gasteiger partial charge in [0.25, 0.3) is 0 Å². The maximum Gasteiger partial charge on any atom is 0.137 e. The highest BCUT2D eigenvalue weighted by atomic mass is 79.9. The molecule has 1 heterocycles. The van der Waals surface area contributed by atoms with Gasteiger partial charge in [0.15, 0.2) is 0 Å². The van der Waals surface area contributed by atoms with E-state index < -0.39 is 0 Å². The molecule has 0 saturated heterocycles. The van der Waals surface area contributed by atoms with Crippen molar-refractivity contribution in [3.63, 3.8) is 0 Å². The molecule has 0 aliphatic rings. The van der Waals surface area contributed by atoms with Crippen LogP contribution in [0, 0.1) is 0 Å². The third-order valence-electron chi connectivity index (χ3n) is 1.97. The fourth-order valence-corrected chi connectivity index (χ4v) is 1.45. The normalized spacial score (nSPS) is 10.2. The van der Waals surface area contributed by atoms with Gasteiger partial charge in [-0.1, -0.05) is 15.9 Å². The molecule has 0 radical (unpaired) electrons. The van der Waals surface area contributed by atoms with Crippen molar-refractivity contribution in [1.29, 1.82) is 0 Å². The third kappa shape index (κ3) is 2.59. The number of nitrogens with zero attached hydrogens (tertiary/aromatic N) is 1. The van der Waals surface area contributed by atoms with Crippen molar-refractivity contribution in [2.24, 2.45) is 0 Å². The second kappa shape index (κ2) is 4.98. The third-order valence-corrected chi connectivity index (χ3v) is 2.30. The minimum Gasteiger partial charge on any atom is -0.493 e. The van der Waals surface area contributed by atoms with Gasteiger partial charge >= 0.3 is 0 Å². The molecule has 0 amide bonds. The van der Waals surface area contributed by atoms with E-state index in [4.69, 9.17) is 4.74 Å². The molecule has 0 saturated carbocycles. The molecule has 0 aliphatic carbocycles. The van der Waals surface area contributed by atoms with Crippen molar-refractivity contribution >= 4 is 15.9 Å². The van der Waals surface area contributed by atoms with E-state index >= 15 is 0 Å². The number of nitrogens with one attached hydrogen (secondary N) is 1. The quantitative estimate of drug-likeness (QED) is 0.865. The standard InChI is InChI=1S/C11H11BrN2O/c12-5-8-15-10-3-1-9(2-4-10)11-13-6-7-14-11/h1-4,6-7H,5,8H2,(H,13,14). The maximum absolute atomic E-state index is 5.45. The van der Waals surface area contributed by atoms with E-state index in [1.54, 1.807) is 6.20 Å². The Hall–Kier alpha value is -1.29. The number of alkyl halides is 1. The number of aromatic nitrogens is 2. The maximum atomic E-state index is 5.45. The molecule has 1 N–H and O–H groups in total. The van der Waals surface area contributed by atoms with Gasteiger partial charge in [-0.3, -0.25) is 0 Å². The summed E-state index contributed by atoms with van der Waals surface area (Å²) in [5.41, 5.74) is 1.06. The highest BCUT2D eigenvalue weighted by Crippen LogP contribution is 2.18. The van der Waals surface area contributed by atoms with Gasteiger partial charge in [0, 0.05) is 23.3 Å². The number of hydrogen-bond acceptors (Lipinski definition) is 2. The Morgan fingerprint density at radius 3 is 2.67 bits per heavy atom. The molecule has 78 valence electrons. The van der Waals surface area contributed by atoms with Gasteiger partial charge in [-0.25, -0.2) is 4.98 Å². The molecule has 0 fully saturated rings. The zero-order valence-corrected chi connectivity index (χ0v) is 9.70. The van der Waals surface area contributed by atoms with Gasteiger partial charge in [-0.2, -0.15) is 0 Å². The van der Waals surface area contributed by atoms with Gasteiger partial charge < -0.3 is 9.72 Å². The van der Waals surface area contributed by atoms with Crippen LogP contribution in [0.5, 0.6) is 5.75 Å². The smallest absolute Gasteiger partial charge is 0.137 e. The predicted octanol–water partition coefficient (Wildman–Crippen LogP) is 2.85. The molecule has 3 nitrogen and oxygen atoms in total. The van der Waals surface area contributed by atoms with Crippen molar-refractivity contribution < 1.29 is 4.74 Å². The van der Waals surface area contributed by atoms with Crippen LogP contribution in [-0.4, -0.2) is 21.9 Å². The average Bonchev–Trinajstić information content (AvgIpc) is 2.80. The second-order valence-electron chi connectivity index (χ2n) is 3.00. The molecular formula is C11H11BrN2O. The molecule has 2 rings (SSSR count). The lowest BCUT2D eigenvalue weighted by atomic mass is 10.2. The van der Waals surface area contributed by atoms with Crippen LogP contribution in [-0.2, 0) is 0 Å². The number of hydrogen-bond donors (Lipinski definition) is 1. The molecule has 15 heavy (non-hydrogen) atoms. The van der Waals surface area contributed by atoms with Crippen LogP contribution in [0.25, 0.3) is 11.4 Å². The van der Waals surface area contributed by atoms with Crippen molar-refractivity contribution in [1.82, 2.24) is 9.97 Å². The zero-order valence-electron chi connectivity index (χ0n) is 8.11. The van der Waals surface area contributed by atoms with Crippen LogP contribution >= 0.6 is 15.9 Å². The Balaban J connectivity index is 2.11. The van der Waals surface area contributed by atoms with E-state index in [1.165, 1.54) is 0 Å². The first-order chi connectivity index (χ1) is 7.40. The van der Waals surface area contributed by atoms with E-state index in [9.17, 15) is 0 Å². The Kier molecular flexibility index (Phi) is 3.40. The number of H-pyrrole nitrogens is 1. The van der Waals surface area contributed by atoms with Crippen molar-refractivity contribution in [3.05, 3.63) is 36.7 Å². The lowest BCUT2D eigenvalue weighted by Gasteiger charge is -2.04. The van der Waals surface area contributed by atoms with Crippen molar-refractivity contribution in [3.8, 4) is 17.1 Å². The fourth-order valence-electron chi connectivity index (χ4n) is 1.29. The van der Waals surface area contributed by atoms with E-state index in [1.807, 2.05) is 30.5 Å². The summed E-state index contributed by atoms with van der Waals surface area (Å²) in [4.78, 5) is 7.23. The van der Waals surface area contributed by atoms with Crippen LogP contribution in [0.3, 0.4) is 0 Å². The number of imidazole rings is 1. The number of halogens is 1. The Morgan fingerprint density at radius 2 is 2.07 bits per heavy atom. The second-order valence-corrected chi connectivity index (χ2v) is 3.79. The summed E-state index contributed by atoms with van der Waals surface area (Å²) in [6.07, 6.45) is 3.55. The van der Waals surface area contributed by atoms with Gasteiger partial charge in [0.05, 0.1) is 6.61 Å². The van der Waals surface area contributed by atoms with Crippen LogP contribution in [0.2, 0.25) is 0 Å². The molecule has 1 aromatic heterocycles. The number of benzene rings is 1. The number of aromatic amines is 1. The topological polar surface area (TPSA) is 37.9 Å². The lowest BCUT2D eigenvalue weighted by molar-refractivity contribution is 0.345. The average molecular weight is 267 g/mol. The molecule has 0 aliphatic heterocycles. The van der Waals surface area contributed by atoms with E-state index in [0.717, 1.165) is 22.5 Å². The monoisotopic (exact) mass is 266 g/mol. The fraction of sp³-hybridized carbons (Fsp3) is 0.182. The molecule has 2 aromatic rings. The molecular weight excluding hydrogens is 256 g/mol. The van der Waals surface area contributed by atoms with Crippen LogP contribution in [0.1, 0.15) is 0 Å². The van der Waals surface area contributed by atoms with Gasteiger partial charge in [-0.15, -0.1) is 0 Å². The predicted molar refractivity (Wildman–Crippen MR) is 63.3 cm³/mol. The summed E-state index contributed by atoms with van der Waals surface area (Å²) in [5.74, 6) is 1.76. The Labute approximate surface area is 96.6 Å². The molecule has 1 aromatic carbocycles. The molecule has 0 spiro atoms. The number of ether oxygens (including phenoxy) is 1. The Morgan fingerprint density at radius 1 is 1.27 bits per heavy atom. The summed E-state index contributed by atoms with van der Waals surface area (Å²) in [6, 6.07) is 7.87. The van der Waals surface area contributed by atoms with Gasteiger partial charge in [0.1, 0.15) is 11.6 Å². The summed E-state index contributed by atoms with van der Waals surface area (Å²) in [7, 11) is 0. The Bertz CT molecular complexity index is 397. The first-order valence-corrected chi connectivity index (χ1v) is 5.81. The van der Waals surface area contributed by atoms with Gasteiger partial charge in [-0.05, 0) is 24.3 Å². The van der Waals surface area contributed by atoms with E-state index in [-0.39, 0.29) is 0 Å². The summed E-state index contributed by atoms with van der Waals surface area (Å²) >= 11 is 3.31. The van der Waals surface area contributed by atoms with E-state index in [0.29, 0.717) is 6.61 Å². The van der Waals surface area contributed by atoms with Crippen LogP contribution in [0.4, 0.5) is 0 Å². The first-order valence-electron chi connectivity index (χ1n) is 4.69. The molecule has 0 atom stereocenters. The number of rotatable bonds is 4. The summed E-state index contributed by atoms with van der Waals surface area (Å²) in [6.45, 7) is 0.681. The minimum atomic E-state index is 0.681. The van der Waals surface area contributed by atoms with Crippen LogP contribution in [0.15, 0.2) is 36.7 Å². The molecule has 4 heteroatoms. The SMILES string of the molecule is BrCCOc1ccc(-c2ncc[nH]2)cc1. The van der Waals surface area contributed by atoms with Crippen molar-refractivity contribution in [2.45, 2.75) is 0 Å².